The van der Waals surface area contributed by atoms with E-state index in [0.29, 0.717) is 6.54 Å². The van der Waals surface area contributed by atoms with Crippen LogP contribution in [0.5, 0.6) is 0 Å². The number of hydrogen-bond donors (Lipinski definition) is 1. The van der Waals surface area contributed by atoms with E-state index in [1.807, 2.05) is 12.1 Å². The minimum absolute atomic E-state index is 0.0304. The molecule has 1 N–H and O–H groups in total. The summed E-state index contributed by atoms with van der Waals surface area (Å²) in [4.78, 5) is 14.0. The van der Waals surface area contributed by atoms with Gasteiger partial charge in [-0.25, -0.2) is 0 Å². The van der Waals surface area contributed by atoms with Crippen LogP contribution in [0.4, 0.5) is 0 Å². The molecule has 3 nitrogen and oxygen atoms in total. The highest BCUT2D eigenvalue weighted by Gasteiger charge is 2.00. The van der Waals surface area contributed by atoms with Crippen LogP contribution in [0, 0.1) is 13.8 Å². The predicted octanol–water partition coefficient (Wildman–Crippen LogP) is 2.77. The summed E-state index contributed by atoms with van der Waals surface area (Å²) < 4.78 is 0. The van der Waals surface area contributed by atoms with Gasteiger partial charge in [0.05, 0.1) is 0 Å². The van der Waals surface area contributed by atoms with Crippen molar-refractivity contribution in [2.24, 2.45) is 0 Å². The Morgan fingerprint density at radius 1 is 1.25 bits per heavy atom. The van der Waals surface area contributed by atoms with E-state index in [-0.39, 0.29) is 5.91 Å². The van der Waals surface area contributed by atoms with E-state index in [2.05, 4.69) is 50.0 Å². The molecular weight excluding hydrogens is 248 g/mol. The molecule has 0 saturated heterocycles. The monoisotopic (exact) mass is 274 g/mol. The Hall–Kier alpha value is -1.61. The molecule has 0 atom stereocenters. The second-order valence-electron chi connectivity index (χ2n) is 5.01. The fourth-order valence-electron chi connectivity index (χ4n) is 2.11. The van der Waals surface area contributed by atoms with Crippen molar-refractivity contribution in [3.8, 4) is 0 Å². The van der Waals surface area contributed by atoms with Gasteiger partial charge in [0.2, 0.25) is 5.91 Å². The van der Waals surface area contributed by atoms with Gasteiger partial charge in [-0.15, -0.1) is 0 Å². The highest BCUT2D eigenvalue weighted by atomic mass is 16.1. The summed E-state index contributed by atoms with van der Waals surface area (Å²) in [5, 5.41) is 2.92. The number of hydrogen-bond acceptors (Lipinski definition) is 2. The van der Waals surface area contributed by atoms with Crippen molar-refractivity contribution in [1.29, 1.82) is 0 Å². The van der Waals surface area contributed by atoms with E-state index in [1.54, 1.807) is 6.08 Å². The van der Waals surface area contributed by atoms with Crippen LogP contribution in [-0.4, -0.2) is 37.0 Å². The van der Waals surface area contributed by atoms with Crippen LogP contribution >= 0.6 is 0 Å². The first-order valence-corrected chi connectivity index (χ1v) is 7.32. The molecule has 1 rings (SSSR count). The molecule has 0 aliphatic rings. The van der Waals surface area contributed by atoms with E-state index in [1.165, 1.54) is 11.1 Å². The number of rotatable bonds is 7. The molecule has 1 aromatic carbocycles. The molecule has 1 amide bonds. The maximum Gasteiger partial charge on any atom is 0.244 e. The van der Waals surface area contributed by atoms with Gasteiger partial charge in [0, 0.05) is 19.2 Å². The Bertz CT molecular complexity index is 462. The third-order valence-electron chi connectivity index (χ3n) is 3.46. The van der Waals surface area contributed by atoms with Crippen LogP contribution in [0.3, 0.4) is 0 Å². The summed E-state index contributed by atoms with van der Waals surface area (Å²) in [5.41, 5.74) is 3.52. The second-order valence-corrected chi connectivity index (χ2v) is 5.01. The first-order chi connectivity index (χ1) is 9.56. The van der Waals surface area contributed by atoms with Gasteiger partial charge in [-0.05, 0) is 44.1 Å². The normalized spacial score (nSPS) is 11.2. The van der Waals surface area contributed by atoms with Crippen LogP contribution < -0.4 is 5.32 Å². The van der Waals surface area contributed by atoms with Crippen LogP contribution in [0.15, 0.2) is 24.3 Å². The van der Waals surface area contributed by atoms with Crippen LogP contribution in [0.1, 0.15) is 30.5 Å². The van der Waals surface area contributed by atoms with Gasteiger partial charge in [-0.2, -0.15) is 0 Å². The standard InChI is InChI=1S/C17H26N2O/c1-5-19(6-2)12-11-18-17(20)10-9-16-8-7-14(3)13-15(16)4/h7-10,13H,5-6,11-12H2,1-4H3,(H,18,20)/b10-9+. The summed E-state index contributed by atoms with van der Waals surface area (Å²) in [5.74, 6) is -0.0304. The number of nitrogens with zero attached hydrogens (tertiary/aromatic N) is 1. The largest absolute Gasteiger partial charge is 0.351 e. The zero-order chi connectivity index (χ0) is 15.0. The van der Waals surface area contributed by atoms with Gasteiger partial charge in [0.1, 0.15) is 0 Å². The lowest BCUT2D eigenvalue weighted by atomic mass is 10.1. The lowest BCUT2D eigenvalue weighted by Crippen LogP contribution is -2.34. The molecule has 110 valence electrons. The Morgan fingerprint density at radius 3 is 2.55 bits per heavy atom. The first-order valence-electron chi connectivity index (χ1n) is 7.32. The average Bonchev–Trinajstić information content (AvgIpc) is 2.42. The third-order valence-corrected chi connectivity index (χ3v) is 3.46. The number of carbonyl (C=O) groups excluding carboxylic acids is 1. The molecule has 0 fully saturated rings. The van der Waals surface area contributed by atoms with Gasteiger partial charge < -0.3 is 10.2 Å². The summed E-state index contributed by atoms with van der Waals surface area (Å²) in [7, 11) is 0. The van der Waals surface area contributed by atoms with Crippen molar-refractivity contribution in [2.45, 2.75) is 27.7 Å². The van der Waals surface area contributed by atoms with E-state index in [9.17, 15) is 4.79 Å². The van der Waals surface area contributed by atoms with E-state index < -0.39 is 0 Å². The molecule has 20 heavy (non-hydrogen) atoms. The molecule has 0 aromatic heterocycles. The van der Waals surface area contributed by atoms with Crippen molar-refractivity contribution in [2.75, 3.05) is 26.2 Å². The lowest BCUT2D eigenvalue weighted by molar-refractivity contribution is -0.116. The molecule has 3 heteroatoms. The van der Waals surface area contributed by atoms with Gasteiger partial charge >= 0.3 is 0 Å². The summed E-state index contributed by atoms with van der Waals surface area (Å²) in [6, 6.07) is 6.23. The molecule has 1 aromatic rings. The molecular formula is C17H26N2O. The molecule has 0 spiro atoms. The minimum Gasteiger partial charge on any atom is -0.351 e. The fraction of sp³-hybridized carbons (Fsp3) is 0.471. The van der Waals surface area contributed by atoms with Crippen LogP contribution in [0.2, 0.25) is 0 Å². The van der Waals surface area contributed by atoms with Gasteiger partial charge in [-0.1, -0.05) is 37.6 Å². The minimum atomic E-state index is -0.0304. The quantitative estimate of drug-likeness (QED) is 0.775. The molecule has 0 aliphatic heterocycles. The smallest absolute Gasteiger partial charge is 0.244 e. The van der Waals surface area contributed by atoms with Crippen molar-refractivity contribution in [1.82, 2.24) is 10.2 Å². The molecule has 0 unspecified atom stereocenters. The van der Waals surface area contributed by atoms with E-state index >= 15 is 0 Å². The lowest BCUT2D eigenvalue weighted by Gasteiger charge is -2.17. The number of carbonyl (C=O) groups is 1. The molecule has 0 heterocycles. The summed E-state index contributed by atoms with van der Waals surface area (Å²) in [6.07, 6.45) is 3.49. The first kappa shape index (κ1) is 16.4. The molecule has 0 radical (unpaired) electrons. The summed E-state index contributed by atoms with van der Waals surface area (Å²) in [6.45, 7) is 12.0. The third kappa shape index (κ3) is 5.57. The van der Waals surface area contributed by atoms with Crippen LogP contribution in [-0.2, 0) is 4.79 Å². The van der Waals surface area contributed by atoms with Crippen molar-refractivity contribution in [3.05, 3.63) is 41.0 Å². The highest BCUT2D eigenvalue weighted by Crippen LogP contribution is 2.11. The Labute approximate surface area is 122 Å². The Kier molecular flexibility index (Phi) is 7.02. The second kappa shape index (κ2) is 8.54. The number of amides is 1. The zero-order valence-corrected chi connectivity index (χ0v) is 13.1. The number of benzene rings is 1. The SMILES string of the molecule is CCN(CC)CCNC(=O)/C=C/c1ccc(C)cc1C. The average molecular weight is 274 g/mol. The van der Waals surface area contributed by atoms with Gasteiger partial charge in [0.15, 0.2) is 0 Å². The van der Waals surface area contributed by atoms with Crippen LogP contribution in [0.25, 0.3) is 6.08 Å². The number of nitrogens with one attached hydrogen (secondary N) is 1. The zero-order valence-electron chi connectivity index (χ0n) is 13.1. The van der Waals surface area contributed by atoms with Crippen molar-refractivity contribution in [3.63, 3.8) is 0 Å². The maximum absolute atomic E-state index is 11.7. The van der Waals surface area contributed by atoms with Crippen molar-refractivity contribution >= 4 is 12.0 Å². The fourth-order valence-corrected chi connectivity index (χ4v) is 2.11. The Morgan fingerprint density at radius 2 is 1.95 bits per heavy atom. The maximum atomic E-state index is 11.7. The van der Waals surface area contributed by atoms with Gasteiger partial charge in [0.25, 0.3) is 0 Å². The molecule has 0 saturated carbocycles. The number of likely N-dealkylation sites (N-methyl/N-ethyl adjacent to an activating group) is 1. The Balaban J connectivity index is 2.43. The summed E-state index contributed by atoms with van der Waals surface area (Å²) >= 11 is 0. The highest BCUT2D eigenvalue weighted by molar-refractivity contribution is 5.91. The number of aryl methyl sites for hydroxylation is 2. The van der Waals surface area contributed by atoms with E-state index in [0.717, 1.165) is 25.2 Å². The molecule has 0 bridgehead atoms. The van der Waals surface area contributed by atoms with E-state index in [4.69, 9.17) is 0 Å². The van der Waals surface area contributed by atoms with Gasteiger partial charge in [-0.3, -0.25) is 4.79 Å². The topological polar surface area (TPSA) is 32.3 Å². The predicted molar refractivity (Wildman–Crippen MR) is 85.7 cm³/mol. The molecule has 0 aliphatic carbocycles. The van der Waals surface area contributed by atoms with Crippen molar-refractivity contribution < 1.29 is 4.79 Å².